The predicted molar refractivity (Wildman–Crippen MR) is 217 cm³/mol. The summed E-state index contributed by atoms with van der Waals surface area (Å²) in [6.45, 7) is 1.77. The van der Waals surface area contributed by atoms with Crippen molar-refractivity contribution in [1.82, 2.24) is 29.6 Å². The Bertz CT molecular complexity index is 1630. The maximum Gasteiger partial charge on any atom is 0.330 e. The van der Waals surface area contributed by atoms with Crippen LogP contribution in [-0.4, -0.2) is 176 Å². The topological polar surface area (TPSA) is 283 Å². The number of unbranched alkanes of at least 4 members (excludes halogenated alkanes) is 13. The van der Waals surface area contributed by atoms with E-state index in [4.69, 9.17) is 19.9 Å². The fourth-order valence-corrected chi connectivity index (χ4v) is 8.40. The van der Waals surface area contributed by atoms with Crippen LogP contribution in [0.1, 0.15) is 103 Å². The van der Waals surface area contributed by atoms with E-state index in [1.54, 1.807) is 0 Å². The maximum atomic E-state index is 13.7. The number of carbonyl (C=O) groups is 3. The number of carbonyl (C=O) groups excluding carboxylic acids is 3. The number of nitrogens with zero attached hydrogens (tertiary/aromatic N) is 4. The first-order valence-electron chi connectivity index (χ1n) is 21.6. The van der Waals surface area contributed by atoms with E-state index in [0.29, 0.717) is 6.42 Å². The molecular weight excluding hydrogens is 786 g/mol. The van der Waals surface area contributed by atoms with Gasteiger partial charge in [0, 0.05) is 46.0 Å². The molecule has 12 atom stereocenters. The fraction of sp³-hybridized carbons (Fsp3) is 0.825. The number of urea groups is 1. The number of H-pyrrole nitrogens is 1. The Morgan fingerprint density at radius 3 is 2.02 bits per heavy atom. The largest absolute Gasteiger partial charge is 0.389 e. The minimum Gasteiger partial charge on any atom is -0.389 e. The number of ether oxygens (including phenoxy) is 3. The first kappa shape index (κ1) is 49.3. The number of aliphatic hydroxyl groups excluding tert-OH is 5. The Labute approximate surface area is 350 Å². The first-order valence-corrected chi connectivity index (χ1v) is 21.6. The number of likely N-dealkylation sites (N-methyl/N-ethyl adjacent to an activating group) is 3. The lowest BCUT2D eigenvalue weighted by molar-refractivity contribution is -0.233. The minimum atomic E-state index is -1.86. The van der Waals surface area contributed by atoms with Crippen molar-refractivity contribution < 1.29 is 54.1 Å². The van der Waals surface area contributed by atoms with Gasteiger partial charge in [-0.25, -0.2) is 9.59 Å². The highest BCUT2D eigenvalue weighted by Gasteiger charge is 2.55. The van der Waals surface area contributed by atoms with Crippen LogP contribution >= 0.6 is 0 Å². The van der Waals surface area contributed by atoms with Crippen molar-refractivity contribution >= 4 is 17.8 Å². The average Bonchev–Trinajstić information content (AvgIpc) is 3.75. The Morgan fingerprint density at radius 2 is 1.48 bits per heavy atom. The number of aliphatic hydroxyl groups is 5. The third kappa shape index (κ3) is 12.2. The maximum absolute atomic E-state index is 13.7. The van der Waals surface area contributed by atoms with E-state index in [1.165, 1.54) is 83.8 Å². The summed E-state index contributed by atoms with van der Waals surface area (Å²) < 4.78 is 18.6. The molecule has 9 N–H and O–H groups in total. The molecule has 1 aromatic heterocycles. The van der Waals surface area contributed by atoms with E-state index < -0.39 is 109 Å². The van der Waals surface area contributed by atoms with E-state index in [-0.39, 0.29) is 13.1 Å². The average molecular weight is 856 g/mol. The second-order valence-corrected chi connectivity index (χ2v) is 16.3. The van der Waals surface area contributed by atoms with Crippen LogP contribution in [0.2, 0.25) is 0 Å². The predicted octanol–water partition coefficient (Wildman–Crippen LogP) is -0.902. The molecule has 3 aliphatic heterocycles. The highest BCUT2D eigenvalue weighted by molar-refractivity contribution is 6.04. The Morgan fingerprint density at radius 1 is 0.900 bits per heavy atom. The lowest BCUT2D eigenvalue weighted by Crippen LogP contribution is -2.61. The molecule has 20 nitrogen and oxygen atoms in total. The minimum absolute atomic E-state index is 0.189. The van der Waals surface area contributed by atoms with Crippen molar-refractivity contribution in [2.45, 2.75) is 170 Å². The molecule has 3 saturated heterocycles. The normalized spacial score (nSPS) is 28.6. The number of nitrogens with two attached hydrogens (primary N) is 1. The van der Waals surface area contributed by atoms with Crippen molar-refractivity contribution in [3.05, 3.63) is 33.1 Å². The van der Waals surface area contributed by atoms with E-state index in [9.17, 15) is 49.5 Å². The number of hydrogen-bond acceptors (Lipinski definition) is 15. The molecule has 20 heteroatoms. The third-order valence-electron chi connectivity index (χ3n) is 11.9. The second-order valence-electron chi connectivity index (χ2n) is 16.3. The molecule has 4 unspecified atom stereocenters. The molecule has 0 saturated carbocycles. The number of aromatic nitrogens is 2. The van der Waals surface area contributed by atoms with Gasteiger partial charge in [0.25, 0.3) is 11.5 Å². The second kappa shape index (κ2) is 23.8. The molecule has 3 aliphatic rings. The molecule has 342 valence electrons. The summed E-state index contributed by atoms with van der Waals surface area (Å²) in [6.07, 6.45) is 1.19. The van der Waals surface area contributed by atoms with Gasteiger partial charge in [0.15, 0.2) is 12.5 Å². The molecule has 4 heterocycles. The van der Waals surface area contributed by atoms with E-state index >= 15 is 0 Å². The highest BCUT2D eigenvalue weighted by Crippen LogP contribution is 2.35. The Balaban J connectivity index is 1.41. The molecule has 3 fully saturated rings. The molecule has 0 aromatic carbocycles. The Hall–Kier alpha value is -3.31. The SMILES string of the molecule is CCCCCCCCCCCCCCCCN1C(=O)C([C@@H](O)CN(C)[C@H](C(=O)NC)[C@H](OC2O[C@H](CN)[C@@H](O)[C@H]2O)C2OC(n3ccc(=O)[nH]c3=O)[C@H](O)[C@@H]2O)N(C)C1=O. The zero-order chi connectivity index (χ0) is 44.1. The van der Waals surface area contributed by atoms with Gasteiger partial charge in [-0.05, 0) is 13.5 Å². The van der Waals surface area contributed by atoms with Crippen molar-refractivity contribution in [1.29, 1.82) is 0 Å². The zero-order valence-corrected chi connectivity index (χ0v) is 35.5. The number of rotatable bonds is 26. The fourth-order valence-electron chi connectivity index (χ4n) is 8.40. The van der Waals surface area contributed by atoms with Crippen LogP contribution in [0.4, 0.5) is 4.79 Å². The smallest absolute Gasteiger partial charge is 0.330 e. The summed E-state index contributed by atoms with van der Waals surface area (Å²) in [5, 5.41) is 57.8. The lowest BCUT2D eigenvalue weighted by Gasteiger charge is -2.39. The number of imide groups is 1. The quantitative estimate of drug-likeness (QED) is 0.0414. The number of amides is 4. The van der Waals surface area contributed by atoms with Gasteiger partial charge in [0.05, 0.1) is 6.10 Å². The molecule has 4 rings (SSSR count). The summed E-state index contributed by atoms with van der Waals surface area (Å²) in [5.41, 5.74) is 4.00. The summed E-state index contributed by atoms with van der Waals surface area (Å²) in [6, 6.07) is -2.41. The lowest BCUT2D eigenvalue weighted by atomic mass is 9.96. The van der Waals surface area contributed by atoms with Crippen LogP contribution in [0, 0.1) is 0 Å². The monoisotopic (exact) mass is 855 g/mol. The van der Waals surface area contributed by atoms with Gasteiger partial charge < -0.3 is 55.7 Å². The van der Waals surface area contributed by atoms with E-state index in [1.807, 2.05) is 4.98 Å². The Kier molecular flexibility index (Phi) is 19.6. The van der Waals surface area contributed by atoms with Gasteiger partial charge in [-0.3, -0.25) is 33.7 Å². The number of hydrogen-bond donors (Lipinski definition) is 8. The molecule has 0 radical (unpaired) electrons. The highest BCUT2D eigenvalue weighted by atomic mass is 16.7. The van der Waals surface area contributed by atoms with Gasteiger partial charge in [-0.15, -0.1) is 0 Å². The zero-order valence-electron chi connectivity index (χ0n) is 35.5. The van der Waals surface area contributed by atoms with Gasteiger partial charge in [-0.1, -0.05) is 90.4 Å². The van der Waals surface area contributed by atoms with E-state index in [0.717, 1.165) is 52.3 Å². The van der Waals surface area contributed by atoms with Crippen LogP contribution < -0.4 is 22.3 Å². The van der Waals surface area contributed by atoms with Crippen LogP contribution in [0.3, 0.4) is 0 Å². The van der Waals surface area contributed by atoms with Crippen LogP contribution in [0.5, 0.6) is 0 Å². The van der Waals surface area contributed by atoms with Gasteiger partial charge in [-0.2, -0.15) is 0 Å². The molecule has 60 heavy (non-hydrogen) atoms. The van der Waals surface area contributed by atoms with E-state index in [2.05, 4.69) is 12.2 Å². The molecular formula is C40H69N7O13. The van der Waals surface area contributed by atoms with Crippen LogP contribution in [0.15, 0.2) is 21.9 Å². The number of aromatic amines is 1. The van der Waals surface area contributed by atoms with Gasteiger partial charge in [0.2, 0.25) is 5.91 Å². The van der Waals surface area contributed by atoms with Crippen LogP contribution in [-0.2, 0) is 23.8 Å². The number of nitrogens with one attached hydrogen (secondary N) is 2. The third-order valence-corrected chi connectivity index (χ3v) is 11.9. The molecule has 0 spiro atoms. The molecule has 0 aliphatic carbocycles. The van der Waals surface area contributed by atoms with Crippen molar-refractivity contribution in [3.63, 3.8) is 0 Å². The summed E-state index contributed by atoms with van der Waals surface area (Å²) in [4.78, 5) is 70.6. The standard InChI is InChI=1S/C40H69N7O13/c1-5-6-7-8-9-10-11-12-13-14-15-16-17-18-20-46-36(55)27(45(4)40(46)57)24(48)23-44(3)28(35(54)42-2)33(60-38-32(53)29(50)25(22-41)58-38)34-30(51)31(52)37(59-34)47-21-19-26(49)43-39(47)56/h19,21,24-25,27-34,37-38,48,50-53H,5-18,20,22-23,41H2,1-4H3,(H,42,54)(H,43,49,56)/t24-,25+,27?,28-,29+,30-,31+,32+,33-,34?,37?,38?/m0/s1. The van der Waals surface area contributed by atoms with Crippen molar-refractivity contribution in [3.8, 4) is 0 Å². The van der Waals surface area contributed by atoms with Gasteiger partial charge >= 0.3 is 11.7 Å². The molecule has 4 amide bonds. The molecule has 0 bridgehead atoms. The summed E-state index contributed by atoms with van der Waals surface area (Å²) >= 11 is 0. The molecule has 1 aromatic rings. The summed E-state index contributed by atoms with van der Waals surface area (Å²) in [5.74, 6) is -1.37. The summed E-state index contributed by atoms with van der Waals surface area (Å²) in [7, 11) is 4.11. The van der Waals surface area contributed by atoms with Crippen LogP contribution in [0.25, 0.3) is 0 Å². The van der Waals surface area contributed by atoms with Gasteiger partial charge in [0.1, 0.15) is 54.8 Å². The van der Waals surface area contributed by atoms with Crippen molar-refractivity contribution in [2.75, 3.05) is 40.8 Å². The first-order chi connectivity index (χ1) is 28.7. The van der Waals surface area contributed by atoms with Crippen molar-refractivity contribution in [2.24, 2.45) is 5.73 Å².